The van der Waals surface area contributed by atoms with Crippen LogP contribution in [0.25, 0.3) is 0 Å². The Morgan fingerprint density at radius 3 is 2.57 bits per heavy atom. The van der Waals surface area contributed by atoms with Gasteiger partial charge >= 0.3 is 0 Å². The summed E-state index contributed by atoms with van der Waals surface area (Å²) in [7, 11) is 0. The molecule has 1 aromatic carbocycles. The van der Waals surface area contributed by atoms with Gasteiger partial charge in [0, 0.05) is 24.0 Å². The molecule has 0 unspecified atom stereocenters. The summed E-state index contributed by atoms with van der Waals surface area (Å²) < 4.78 is 0. The van der Waals surface area contributed by atoms with Gasteiger partial charge in [-0.2, -0.15) is 0 Å². The van der Waals surface area contributed by atoms with Crippen LogP contribution in [-0.2, 0) is 9.59 Å². The summed E-state index contributed by atoms with van der Waals surface area (Å²) in [6, 6.07) is 7.66. The Kier molecular flexibility index (Phi) is 8.40. The summed E-state index contributed by atoms with van der Waals surface area (Å²) in [5.41, 5.74) is 11.7. The highest BCUT2D eigenvalue weighted by atomic mass is 35.5. The molecule has 0 bridgehead atoms. The van der Waals surface area contributed by atoms with E-state index in [2.05, 4.69) is 10.2 Å². The first-order valence-electron chi connectivity index (χ1n) is 7.32. The minimum Gasteiger partial charge on any atom is -0.369 e. The monoisotopic (exact) mass is 358 g/mol. The summed E-state index contributed by atoms with van der Waals surface area (Å²) >= 11 is 1.32. The molecule has 6 nitrogen and oxygen atoms in total. The van der Waals surface area contributed by atoms with Crippen LogP contribution in [0.15, 0.2) is 29.2 Å². The number of halogens is 1. The summed E-state index contributed by atoms with van der Waals surface area (Å²) in [6.07, 6.45) is 1.86. The first-order valence-corrected chi connectivity index (χ1v) is 8.31. The van der Waals surface area contributed by atoms with E-state index in [0.717, 1.165) is 30.8 Å². The second-order valence-corrected chi connectivity index (χ2v) is 6.43. The fourth-order valence-corrected chi connectivity index (χ4v) is 3.10. The Balaban J connectivity index is 0.00000264. The maximum Gasteiger partial charge on any atom is 0.238 e. The van der Waals surface area contributed by atoms with Crippen molar-refractivity contribution in [3.05, 3.63) is 24.3 Å². The molecular weight excluding hydrogens is 336 g/mol. The lowest BCUT2D eigenvalue weighted by Crippen LogP contribution is -2.43. The fraction of sp³-hybridized carbons (Fsp3) is 0.467. The first kappa shape index (κ1) is 19.8. The number of primary amides is 1. The zero-order valence-corrected chi connectivity index (χ0v) is 14.5. The van der Waals surface area contributed by atoms with E-state index < -0.39 is 0 Å². The number of nitrogens with zero attached hydrogens (tertiary/aromatic N) is 1. The molecule has 0 radical (unpaired) electrons. The van der Waals surface area contributed by atoms with E-state index in [1.165, 1.54) is 11.8 Å². The number of para-hydroxylation sites is 1. The normalized spacial score (nSPS) is 15.7. The third-order valence-electron chi connectivity index (χ3n) is 3.53. The van der Waals surface area contributed by atoms with Gasteiger partial charge in [-0.05, 0) is 25.0 Å². The molecule has 2 amide bonds. The van der Waals surface area contributed by atoms with E-state index in [0.29, 0.717) is 12.2 Å². The molecule has 0 atom stereocenters. The molecule has 0 saturated carbocycles. The number of hydrogen-bond donors (Lipinski definition) is 3. The Morgan fingerprint density at radius 2 is 1.91 bits per heavy atom. The largest absolute Gasteiger partial charge is 0.369 e. The third kappa shape index (κ3) is 6.78. The fourth-order valence-electron chi connectivity index (χ4n) is 2.35. The smallest absolute Gasteiger partial charge is 0.238 e. The molecule has 1 aromatic rings. The number of likely N-dealkylation sites (tertiary alicyclic amines) is 1. The van der Waals surface area contributed by atoms with Gasteiger partial charge in [-0.1, -0.05) is 12.1 Å². The number of rotatable bonds is 6. The van der Waals surface area contributed by atoms with Crippen LogP contribution >= 0.6 is 24.2 Å². The van der Waals surface area contributed by atoms with Gasteiger partial charge in [0.25, 0.3) is 0 Å². The molecule has 2 rings (SSSR count). The standard InChI is InChI=1S/C15H22N4O2S.ClH/c16-11-5-7-19(8-6-11)9-15(21)18-12-3-1-2-4-13(12)22-10-14(17)20;/h1-4,11H,5-10,16H2,(H2,17,20)(H,18,21);1H. The number of amides is 2. The van der Waals surface area contributed by atoms with Crippen LogP contribution in [-0.4, -0.2) is 48.1 Å². The number of carbonyl (C=O) groups excluding carboxylic acids is 2. The van der Waals surface area contributed by atoms with Crippen LogP contribution in [0.1, 0.15) is 12.8 Å². The van der Waals surface area contributed by atoms with Crippen molar-refractivity contribution in [2.45, 2.75) is 23.8 Å². The molecule has 1 aliphatic rings. The van der Waals surface area contributed by atoms with Gasteiger partial charge in [0.2, 0.25) is 11.8 Å². The summed E-state index contributed by atoms with van der Waals surface area (Å²) in [6.45, 7) is 2.07. The van der Waals surface area contributed by atoms with Crippen molar-refractivity contribution < 1.29 is 9.59 Å². The summed E-state index contributed by atoms with van der Waals surface area (Å²) in [5.74, 6) is -0.241. The number of anilines is 1. The van der Waals surface area contributed by atoms with E-state index in [9.17, 15) is 9.59 Å². The minimum atomic E-state index is -0.379. The average Bonchev–Trinajstić information content (AvgIpc) is 2.48. The van der Waals surface area contributed by atoms with Crippen molar-refractivity contribution >= 4 is 41.7 Å². The number of piperidine rings is 1. The Labute approximate surface area is 146 Å². The van der Waals surface area contributed by atoms with E-state index in [-0.39, 0.29) is 36.0 Å². The Bertz CT molecular complexity index is 536. The maximum absolute atomic E-state index is 12.2. The van der Waals surface area contributed by atoms with Gasteiger partial charge in [0.05, 0.1) is 18.0 Å². The lowest BCUT2D eigenvalue weighted by atomic mass is 10.1. The molecule has 5 N–H and O–H groups in total. The molecule has 23 heavy (non-hydrogen) atoms. The summed E-state index contributed by atoms with van der Waals surface area (Å²) in [4.78, 5) is 26.0. The van der Waals surface area contributed by atoms with Gasteiger partial charge in [-0.3, -0.25) is 14.5 Å². The van der Waals surface area contributed by atoms with E-state index in [1.54, 1.807) is 0 Å². The minimum absolute atomic E-state index is 0. The number of nitrogens with two attached hydrogens (primary N) is 2. The highest BCUT2D eigenvalue weighted by Gasteiger charge is 2.18. The van der Waals surface area contributed by atoms with Crippen LogP contribution < -0.4 is 16.8 Å². The number of nitrogens with one attached hydrogen (secondary N) is 1. The maximum atomic E-state index is 12.2. The van der Waals surface area contributed by atoms with Crippen LogP contribution in [0.3, 0.4) is 0 Å². The summed E-state index contributed by atoms with van der Waals surface area (Å²) in [5, 5.41) is 2.91. The lowest BCUT2D eigenvalue weighted by molar-refractivity contribution is -0.117. The van der Waals surface area contributed by atoms with Crippen molar-refractivity contribution in [1.29, 1.82) is 0 Å². The average molecular weight is 359 g/mol. The molecule has 1 aliphatic heterocycles. The molecule has 1 saturated heterocycles. The topological polar surface area (TPSA) is 101 Å². The second-order valence-electron chi connectivity index (χ2n) is 5.41. The molecule has 8 heteroatoms. The molecule has 0 aromatic heterocycles. The Morgan fingerprint density at radius 1 is 1.26 bits per heavy atom. The van der Waals surface area contributed by atoms with E-state index >= 15 is 0 Å². The molecule has 1 fully saturated rings. The van der Waals surface area contributed by atoms with Crippen LogP contribution in [0.5, 0.6) is 0 Å². The van der Waals surface area contributed by atoms with Crippen molar-refractivity contribution in [3.8, 4) is 0 Å². The zero-order valence-electron chi connectivity index (χ0n) is 12.9. The SMILES string of the molecule is Cl.NC(=O)CSc1ccccc1NC(=O)CN1CCC(N)CC1. The number of thioether (sulfide) groups is 1. The highest BCUT2D eigenvalue weighted by Crippen LogP contribution is 2.26. The van der Waals surface area contributed by atoms with E-state index in [1.807, 2.05) is 24.3 Å². The van der Waals surface area contributed by atoms with Crippen molar-refractivity contribution in [2.24, 2.45) is 11.5 Å². The van der Waals surface area contributed by atoms with Crippen molar-refractivity contribution in [1.82, 2.24) is 4.90 Å². The van der Waals surface area contributed by atoms with Gasteiger partial charge in [0.1, 0.15) is 0 Å². The van der Waals surface area contributed by atoms with E-state index in [4.69, 9.17) is 11.5 Å². The third-order valence-corrected chi connectivity index (χ3v) is 4.63. The molecular formula is C15H23ClN4O2S. The molecule has 1 heterocycles. The van der Waals surface area contributed by atoms with Gasteiger partial charge < -0.3 is 16.8 Å². The van der Waals surface area contributed by atoms with Gasteiger partial charge in [-0.15, -0.1) is 24.2 Å². The first-order chi connectivity index (χ1) is 10.5. The van der Waals surface area contributed by atoms with Crippen molar-refractivity contribution in [3.63, 3.8) is 0 Å². The van der Waals surface area contributed by atoms with Crippen LogP contribution in [0, 0.1) is 0 Å². The number of hydrogen-bond acceptors (Lipinski definition) is 5. The lowest BCUT2D eigenvalue weighted by Gasteiger charge is -2.29. The quantitative estimate of drug-likeness (QED) is 0.660. The molecule has 128 valence electrons. The molecule has 0 aliphatic carbocycles. The predicted octanol–water partition coefficient (Wildman–Crippen LogP) is 1.05. The zero-order chi connectivity index (χ0) is 15.9. The number of benzene rings is 1. The second kappa shape index (κ2) is 9.77. The van der Waals surface area contributed by atoms with Gasteiger partial charge in [-0.25, -0.2) is 0 Å². The van der Waals surface area contributed by atoms with Crippen molar-refractivity contribution in [2.75, 3.05) is 30.7 Å². The van der Waals surface area contributed by atoms with Gasteiger partial charge in [0.15, 0.2) is 0 Å². The highest BCUT2D eigenvalue weighted by molar-refractivity contribution is 8.00. The van der Waals surface area contributed by atoms with Crippen LogP contribution in [0.4, 0.5) is 5.69 Å². The number of carbonyl (C=O) groups is 2. The molecule has 0 spiro atoms. The predicted molar refractivity (Wildman–Crippen MR) is 95.9 cm³/mol. The Hall–Kier alpha value is -1.28. The van der Waals surface area contributed by atoms with Crippen LogP contribution in [0.2, 0.25) is 0 Å².